The van der Waals surface area contributed by atoms with Gasteiger partial charge >= 0.3 is 0 Å². The van der Waals surface area contributed by atoms with E-state index < -0.39 is 34.3 Å². The molecule has 0 saturated heterocycles. The van der Waals surface area contributed by atoms with Gasteiger partial charge in [-0.1, -0.05) is 12.1 Å². The van der Waals surface area contributed by atoms with E-state index in [2.05, 4.69) is 20.0 Å². The number of amides is 3. The number of methoxy groups -OCH3 is 1. The van der Waals surface area contributed by atoms with Gasteiger partial charge in [0.25, 0.3) is 27.7 Å². The first-order valence-corrected chi connectivity index (χ1v) is 11.0. The predicted octanol–water partition coefficient (Wildman–Crippen LogP) is 1.52. The number of carbonyl (C=O) groups excluding carboxylic acids is 3. The number of nitrogens with one attached hydrogen (secondary N) is 2. The molecular weight excluding hydrogens is 450 g/mol. The molecule has 0 radical (unpaired) electrons. The number of sulfonamides is 1. The molecule has 3 amide bonds. The van der Waals surface area contributed by atoms with E-state index in [1.54, 1.807) is 12.1 Å². The van der Waals surface area contributed by atoms with Gasteiger partial charge in [-0.3, -0.25) is 24.0 Å². The Balaban J connectivity index is 1.42. The third-order valence-corrected chi connectivity index (χ3v) is 6.07. The molecule has 0 fully saturated rings. The Hall–Kier alpha value is -4.32. The molecule has 3 aromatic rings. The van der Waals surface area contributed by atoms with Crippen LogP contribution in [0, 0.1) is 0 Å². The number of imide groups is 1. The van der Waals surface area contributed by atoms with Gasteiger partial charge in [0, 0.05) is 18.1 Å². The number of aromatic nitrogens is 2. The molecule has 0 saturated carbocycles. The lowest BCUT2D eigenvalue weighted by molar-refractivity contribution is -0.116. The van der Waals surface area contributed by atoms with Crippen molar-refractivity contribution < 1.29 is 27.5 Å². The zero-order chi connectivity index (χ0) is 23.6. The SMILES string of the molecule is COc1nccnc1NS(=O)(=O)c1ccc(NC(=O)CN2C(=O)c3ccccc3C2=O)cc1. The Labute approximate surface area is 188 Å². The monoisotopic (exact) mass is 467 g/mol. The number of carbonyl (C=O) groups is 3. The highest BCUT2D eigenvalue weighted by Crippen LogP contribution is 2.24. The molecule has 168 valence electrons. The number of anilines is 2. The Bertz CT molecular complexity index is 1320. The Kier molecular flexibility index (Phi) is 5.75. The Morgan fingerprint density at radius 1 is 0.970 bits per heavy atom. The van der Waals surface area contributed by atoms with Crippen molar-refractivity contribution in [3.63, 3.8) is 0 Å². The van der Waals surface area contributed by atoms with Crippen molar-refractivity contribution in [3.8, 4) is 5.88 Å². The van der Waals surface area contributed by atoms with Gasteiger partial charge in [0.1, 0.15) is 6.54 Å². The minimum Gasteiger partial charge on any atom is -0.478 e. The fourth-order valence-electron chi connectivity index (χ4n) is 3.18. The second-order valence-corrected chi connectivity index (χ2v) is 8.52. The van der Waals surface area contributed by atoms with Crippen LogP contribution in [-0.2, 0) is 14.8 Å². The lowest BCUT2D eigenvalue weighted by Crippen LogP contribution is -2.37. The van der Waals surface area contributed by atoms with Gasteiger partial charge in [0.05, 0.1) is 23.1 Å². The molecule has 2 N–H and O–H groups in total. The molecule has 0 spiro atoms. The highest BCUT2D eigenvalue weighted by Gasteiger charge is 2.36. The summed E-state index contributed by atoms with van der Waals surface area (Å²) in [5.74, 6) is -1.76. The van der Waals surface area contributed by atoms with Crippen LogP contribution in [-0.4, -0.2) is 54.7 Å². The van der Waals surface area contributed by atoms with Crippen LogP contribution in [0.15, 0.2) is 65.8 Å². The van der Waals surface area contributed by atoms with Crippen molar-refractivity contribution >= 4 is 39.3 Å². The number of fused-ring (bicyclic) bond motifs is 1. The summed E-state index contributed by atoms with van der Waals surface area (Å²) in [6.07, 6.45) is 2.67. The highest BCUT2D eigenvalue weighted by molar-refractivity contribution is 7.92. The van der Waals surface area contributed by atoms with Crippen LogP contribution in [0.4, 0.5) is 11.5 Å². The molecule has 0 unspecified atom stereocenters. The van der Waals surface area contributed by atoms with Crippen LogP contribution in [0.25, 0.3) is 0 Å². The second-order valence-electron chi connectivity index (χ2n) is 6.83. The molecule has 33 heavy (non-hydrogen) atoms. The number of hydrogen-bond acceptors (Lipinski definition) is 8. The zero-order valence-corrected chi connectivity index (χ0v) is 18.0. The normalized spacial score (nSPS) is 12.9. The van der Waals surface area contributed by atoms with Crippen molar-refractivity contribution in [3.05, 3.63) is 72.1 Å². The number of benzene rings is 2. The van der Waals surface area contributed by atoms with Gasteiger partial charge in [-0.15, -0.1) is 0 Å². The molecule has 11 nitrogen and oxygen atoms in total. The molecule has 2 heterocycles. The predicted molar refractivity (Wildman–Crippen MR) is 116 cm³/mol. The number of rotatable bonds is 7. The van der Waals surface area contributed by atoms with Gasteiger partial charge < -0.3 is 10.1 Å². The van der Waals surface area contributed by atoms with E-state index in [0.717, 1.165) is 4.90 Å². The third-order valence-electron chi connectivity index (χ3n) is 4.72. The minimum absolute atomic E-state index is 0.0121. The van der Waals surface area contributed by atoms with Gasteiger partial charge in [0.15, 0.2) is 0 Å². The van der Waals surface area contributed by atoms with Crippen molar-refractivity contribution in [2.75, 3.05) is 23.7 Å². The summed E-state index contributed by atoms with van der Waals surface area (Å²) < 4.78 is 32.5. The van der Waals surface area contributed by atoms with Crippen LogP contribution >= 0.6 is 0 Å². The van der Waals surface area contributed by atoms with Crippen molar-refractivity contribution in [1.82, 2.24) is 14.9 Å². The fourth-order valence-corrected chi connectivity index (χ4v) is 4.18. The van der Waals surface area contributed by atoms with E-state index in [1.165, 1.54) is 55.9 Å². The quantitative estimate of drug-likeness (QED) is 0.497. The van der Waals surface area contributed by atoms with Crippen LogP contribution < -0.4 is 14.8 Å². The maximum absolute atomic E-state index is 12.6. The first-order valence-electron chi connectivity index (χ1n) is 9.53. The molecule has 1 aliphatic heterocycles. The molecular formula is C21H17N5O6S. The van der Waals surface area contributed by atoms with E-state index in [0.29, 0.717) is 0 Å². The lowest BCUT2D eigenvalue weighted by Gasteiger charge is -2.14. The summed E-state index contributed by atoms with van der Waals surface area (Å²) in [5.41, 5.74) is 0.779. The largest absolute Gasteiger partial charge is 0.478 e. The summed E-state index contributed by atoms with van der Waals surface area (Å²) in [5, 5.41) is 2.54. The summed E-state index contributed by atoms with van der Waals surface area (Å²) in [6, 6.07) is 11.6. The maximum Gasteiger partial charge on any atom is 0.263 e. The average Bonchev–Trinajstić information content (AvgIpc) is 3.04. The summed E-state index contributed by atoms with van der Waals surface area (Å²) in [4.78, 5) is 45.7. The molecule has 4 rings (SSSR count). The summed E-state index contributed by atoms with van der Waals surface area (Å²) in [7, 11) is -2.66. The van der Waals surface area contributed by atoms with Crippen molar-refractivity contribution in [2.24, 2.45) is 0 Å². The number of hydrogen-bond donors (Lipinski definition) is 2. The molecule has 2 aromatic carbocycles. The van der Waals surface area contributed by atoms with Crippen LogP contribution in [0.5, 0.6) is 5.88 Å². The Morgan fingerprint density at radius 2 is 1.58 bits per heavy atom. The number of ether oxygens (including phenoxy) is 1. The van der Waals surface area contributed by atoms with Gasteiger partial charge in [-0.25, -0.2) is 18.4 Å². The van der Waals surface area contributed by atoms with Crippen molar-refractivity contribution in [1.29, 1.82) is 0 Å². The standard InChI is InChI=1S/C21H17N5O6S/c1-32-19-18(22-10-11-23-19)25-33(30,31)14-8-6-13(7-9-14)24-17(27)12-26-20(28)15-4-2-3-5-16(15)21(26)29/h2-11H,12H2,1H3,(H,22,25)(H,24,27). The minimum atomic E-state index is -4.00. The first kappa shape index (κ1) is 21.9. The molecule has 0 atom stereocenters. The van der Waals surface area contributed by atoms with E-state index >= 15 is 0 Å². The highest BCUT2D eigenvalue weighted by atomic mass is 32.2. The van der Waals surface area contributed by atoms with E-state index in [1.807, 2.05) is 0 Å². The van der Waals surface area contributed by atoms with Crippen LogP contribution in [0.2, 0.25) is 0 Å². The van der Waals surface area contributed by atoms with Crippen LogP contribution in [0.3, 0.4) is 0 Å². The van der Waals surface area contributed by atoms with E-state index in [9.17, 15) is 22.8 Å². The van der Waals surface area contributed by atoms with Gasteiger partial charge in [-0.05, 0) is 36.4 Å². The van der Waals surface area contributed by atoms with Gasteiger partial charge in [-0.2, -0.15) is 0 Å². The second kappa shape index (κ2) is 8.67. The molecule has 1 aliphatic rings. The van der Waals surface area contributed by atoms with Crippen LogP contribution in [0.1, 0.15) is 20.7 Å². The third kappa shape index (κ3) is 4.36. The summed E-state index contributed by atoms with van der Waals surface area (Å²) >= 11 is 0. The molecule has 0 aliphatic carbocycles. The smallest absolute Gasteiger partial charge is 0.263 e. The average molecular weight is 467 g/mol. The number of nitrogens with zero attached hydrogens (tertiary/aromatic N) is 3. The summed E-state index contributed by atoms with van der Waals surface area (Å²) in [6.45, 7) is -0.472. The molecule has 1 aromatic heterocycles. The molecule has 0 bridgehead atoms. The van der Waals surface area contributed by atoms with Gasteiger partial charge in [0.2, 0.25) is 11.7 Å². The zero-order valence-electron chi connectivity index (χ0n) is 17.2. The fraction of sp³-hybridized carbons (Fsp3) is 0.0952. The topological polar surface area (TPSA) is 148 Å². The Morgan fingerprint density at radius 3 is 2.18 bits per heavy atom. The van der Waals surface area contributed by atoms with E-state index in [4.69, 9.17) is 4.74 Å². The van der Waals surface area contributed by atoms with E-state index in [-0.39, 0.29) is 33.4 Å². The van der Waals surface area contributed by atoms with Crippen molar-refractivity contribution in [2.45, 2.75) is 4.90 Å². The molecule has 12 heteroatoms. The lowest BCUT2D eigenvalue weighted by atomic mass is 10.1. The maximum atomic E-state index is 12.6. The first-order chi connectivity index (χ1) is 15.8.